The molecule has 1 atom stereocenters. The molecule has 4 rings (SSSR count). The number of thiocarbonyl (C=S) groups is 1. The van der Waals surface area contributed by atoms with Gasteiger partial charge in [-0.1, -0.05) is 25.6 Å². The Morgan fingerprint density at radius 1 is 1.31 bits per heavy atom. The van der Waals surface area contributed by atoms with Crippen LogP contribution in [0.15, 0.2) is 23.5 Å². The van der Waals surface area contributed by atoms with E-state index in [0.717, 1.165) is 0 Å². The lowest BCUT2D eigenvalue weighted by Crippen LogP contribution is -2.41. The summed E-state index contributed by atoms with van der Waals surface area (Å²) < 4.78 is 6.69. The molecule has 2 aromatic heterocycles. The number of carbonyl (C=O) groups is 3. The molecule has 2 aliphatic rings. The van der Waals surface area contributed by atoms with Crippen LogP contribution in [0, 0.1) is 5.92 Å². The quantitative estimate of drug-likeness (QED) is 0.503. The molecule has 1 unspecified atom stereocenters. The molecule has 2 aliphatic heterocycles. The Labute approximate surface area is 210 Å². The van der Waals surface area contributed by atoms with Gasteiger partial charge in [0.15, 0.2) is 10.9 Å². The monoisotopic (exact) mass is 520 g/mol. The lowest BCUT2D eigenvalue weighted by Gasteiger charge is -2.30. The molecule has 0 radical (unpaired) electrons. The molecule has 0 aliphatic carbocycles. The molecular formula is C20H24N8O5S2. The maximum Gasteiger partial charge on any atom is 0.415 e. The van der Waals surface area contributed by atoms with Crippen molar-refractivity contribution in [2.45, 2.75) is 49.7 Å². The first-order valence-electron chi connectivity index (χ1n) is 10.9. The largest absolute Gasteiger partial charge is 0.480 e. The van der Waals surface area contributed by atoms with Crippen LogP contribution in [0.25, 0.3) is 0 Å². The average molecular weight is 521 g/mol. The highest BCUT2D eigenvalue weighted by atomic mass is 32.2. The summed E-state index contributed by atoms with van der Waals surface area (Å²) in [6, 6.07) is 2.76. The number of amides is 2. The van der Waals surface area contributed by atoms with Crippen LogP contribution >= 0.6 is 24.0 Å². The molecule has 2 fully saturated rings. The van der Waals surface area contributed by atoms with Crippen molar-refractivity contribution in [3.05, 3.63) is 18.3 Å². The number of tetrazole rings is 1. The summed E-state index contributed by atoms with van der Waals surface area (Å²) in [7, 11) is 0. The Balaban J connectivity index is 1.29. The first-order chi connectivity index (χ1) is 16.7. The SMILES string of the molecule is CC(C)C1NC(=S)N(c2ccc(OC(=O)N3CCC(Sc4nnnn4CC(=O)O)CC3)cn2)C1=O. The number of likely N-dealkylation sites (tertiary alicyclic amines) is 1. The second-order valence-corrected chi connectivity index (χ2v) is 10.0. The fourth-order valence-corrected chi connectivity index (χ4v) is 5.07. The maximum atomic E-state index is 12.6. The van der Waals surface area contributed by atoms with Crippen molar-refractivity contribution in [2.75, 3.05) is 18.0 Å². The first kappa shape index (κ1) is 24.8. The van der Waals surface area contributed by atoms with E-state index in [-0.39, 0.29) is 29.4 Å². The summed E-state index contributed by atoms with van der Waals surface area (Å²) in [6.45, 7) is 4.51. The van der Waals surface area contributed by atoms with Gasteiger partial charge >= 0.3 is 12.1 Å². The van der Waals surface area contributed by atoms with E-state index in [0.29, 0.717) is 42.0 Å². The van der Waals surface area contributed by atoms with Crippen LogP contribution in [-0.4, -0.2) is 82.7 Å². The van der Waals surface area contributed by atoms with E-state index in [4.69, 9.17) is 22.1 Å². The predicted octanol–water partition coefficient (Wildman–Crippen LogP) is 1.15. The van der Waals surface area contributed by atoms with Gasteiger partial charge in [-0.25, -0.2) is 19.4 Å². The predicted molar refractivity (Wildman–Crippen MR) is 128 cm³/mol. The topological polar surface area (TPSA) is 156 Å². The summed E-state index contributed by atoms with van der Waals surface area (Å²) >= 11 is 6.68. The lowest BCUT2D eigenvalue weighted by molar-refractivity contribution is -0.138. The fraction of sp³-hybridized carbons (Fsp3) is 0.500. The zero-order valence-electron chi connectivity index (χ0n) is 19.0. The Hall–Kier alpha value is -3.33. The number of thioether (sulfide) groups is 1. The van der Waals surface area contributed by atoms with Crippen molar-refractivity contribution in [3.63, 3.8) is 0 Å². The number of anilines is 1. The average Bonchev–Trinajstić information content (AvgIpc) is 3.37. The molecule has 13 nitrogen and oxygen atoms in total. The minimum Gasteiger partial charge on any atom is -0.480 e. The third kappa shape index (κ3) is 5.67. The van der Waals surface area contributed by atoms with Crippen LogP contribution in [0.2, 0.25) is 0 Å². The van der Waals surface area contributed by atoms with Gasteiger partial charge in [-0.2, -0.15) is 0 Å². The van der Waals surface area contributed by atoms with Gasteiger partial charge in [0.1, 0.15) is 18.4 Å². The van der Waals surface area contributed by atoms with E-state index in [1.807, 2.05) is 13.8 Å². The van der Waals surface area contributed by atoms with Gasteiger partial charge in [0.05, 0.1) is 6.20 Å². The third-order valence-corrected chi connectivity index (χ3v) is 7.15. The van der Waals surface area contributed by atoms with Crippen molar-refractivity contribution in [1.29, 1.82) is 0 Å². The number of hydrogen-bond acceptors (Lipinski definition) is 10. The van der Waals surface area contributed by atoms with Gasteiger partial charge in [0, 0.05) is 18.3 Å². The van der Waals surface area contributed by atoms with E-state index < -0.39 is 18.1 Å². The Kier molecular flexibility index (Phi) is 7.45. The van der Waals surface area contributed by atoms with Crippen LogP contribution in [0.5, 0.6) is 5.75 Å². The van der Waals surface area contributed by atoms with Crippen molar-refractivity contribution >= 4 is 52.9 Å². The van der Waals surface area contributed by atoms with Crippen molar-refractivity contribution in [2.24, 2.45) is 5.92 Å². The summed E-state index contributed by atoms with van der Waals surface area (Å²) in [6.07, 6.45) is 2.25. The van der Waals surface area contributed by atoms with Crippen molar-refractivity contribution in [1.82, 2.24) is 35.4 Å². The molecule has 15 heteroatoms. The Morgan fingerprint density at radius 2 is 2.06 bits per heavy atom. The zero-order valence-corrected chi connectivity index (χ0v) is 20.7. The van der Waals surface area contributed by atoms with Gasteiger partial charge < -0.3 is 20.1 Å². The molecule has 2 N–H and O–H groups in total. The number of nitrogens with one attached hydrogen (secondary N) is 1. The van der Waals surface area contributed by atoms with E-state index in [1.165, 1.54) is 27.5 Å². The Morgan fingerprint density at radius 3 is 2.66 bits per heavy atom. The second kappa shape index (κ2) is 10.5. The lowest BCUT2D eigenvalue weighted by atomic mass is 10.1. The van der Waals surface area contributed by atoms with Crippen LogP contribution < -0.4 is 15.0 Å². The molecule has 0 spiro atoms. The smallest absolute Gasteiger partial charge is 0.415 e. The van der Waals surface area contributed by atoms with Crippen LogP contribution in [0.3, 0.4) is 0 Å². The van der Waals surface area contributed by atoms with Gasteiger partial charge in [-0.3, -0.25) is 9.59 Å². The van der Waals surface area contributed by atoms with E-state index in [2.05, 4.69) is 25.8 Å². The van der Waals surface area contributed by atoms with Gasteiger partial charge in [-0.15, -0.1) is 5.10 Å². The number of hydrogen-bond donors (Lipinski definition) is 2. The molecule has 4 heterocycles. The second-order valence-electron chi connectivity index (χ2n) is 8.38. The minimum atomic E-state index is -1.02. The number of carboxylic acids is 1. The minimum absolute atomic E-state index is 0.0769. The summed E-state index contributed by atoms with van der Waals surface area (Å²) in [5.74, 6) is -0.494. The highest BCUT2D eigenvalue weighted by Gasteiger charge is 2.38. The maximum absolute atomic E-state index is 12.6. The number of aliphatic carboxylic acids is 1. The van der Waals surface area contributed by atoms with E-state index >= 15 is 0 Å². The summed E-state index contributed by atoms with van der Waals surface area (Å²) in [5.41, 5.74) is 0. The molecule has 35 heavy (non-hydrogen) atoms. The van der Waals surface area contributed by atoms with Gasteiger partial charge in [-0.05, 0) is 53.5 Å². The molecule has 0 saturated carbocycles. The summed E-state index contributed by atoms with van der Waals surface area (Å²) in [5, 5.41) is 23.9. The highest BCUT2D eigenvalue weighted by Crippen LogP contribution is 2.29. The van der Waals surface area contributed by atoms with E-state index in [9.17, 15) is 14.4 Å². The first-order valence-corrected chi connectivity index (χ1v) is 12.2. The van der Waals surface area contributed by atoms with Crippen LogP contribution in [-0.2, 0) is 16.1 Å². The molecule has 2 saturated heterocycles. The number of pyridine rings is 1. The molecule has 0 bridgehead atoms. The summed E-state index contributed by atoms with van der Waals surface area (Å²) in [4.78, 5) is 43.3. The normalized spacial score (nSPS) is 18.8. The highest BCUT2D eigenvalue weighted by molar-refractivity contribution is 7.99. The number of piperidine rings is 1. The third-order valence-electron chi connectivity index (χ3n) is 5.55. The standard InChI is InChI=1S/C20H24N8O5S2/c1-11(2)16-17(31)28(18(34)22-16)14-4-3-12(9-21-14)33-20(32)26-7-5-13(6-8-26)35-19-23-24-25-27(19)10-15(29)30/h3-4,9,11,13,16H,5-8,10H2,1-2H3,(H,22,34)(H,29,30). The molecule has 2 aromatic rings. The number of carboxylic acid groups (broad SMARTS) is 1. The number of ether oxygens (including phenoxy) is 1. The van der Waals surface area contributed by atoms with Crippen LogP contribution in [0.1, 0.15) is 26.7 Å². The number of nitrogens with zero attached hydrogens (tertiary/aromatic N) is 7. The number of rotatable bonds is 7. The fourth-order valence-electron chi connectivity index (χ4n) is 3.71. The molecule has 186 valence electrons. The van der Waals surface area contributed by atoms with E-state index in [1.54, 1.807) is 17.0 Å². The molecule has 2 amide bonds. The van der Waals surface area contributed by atoms with Gasteiger partial charge in [0.25, 0.3) is 5.91 Å². The van der Waals surface area contributed by atoms with Crippen LogP contribution in [0.4, 0.5) is 10.6 Å². The Bertz CT molecular complexity index is 1120. The number of aromatic nitrogens is 5. The zero-order chi connectivity index (χ0) is 25.1. The van der Waals surface area contributed by atoms with Crippen molar-refractivity contribution in [3.8, 4) is 5.75 Å². The number of carbonyl (C=O) groups excluding carboxylic acids is 2. The van der Waals surface area contributed by atoms with Crippen molar-refractivity contribution < 1.29 is 24.2 Å². The molecular weight excluding hydrogens is 496 g/mol. The molecule has 0 aromatic carbocycles. The van der Waals surface area contributed by atoms with Gasteiger partial charge in [0.2, 0.25) is 5.16 Å².